The summed E-state index contributed by atoms with van der Waals surface area (Å²) in [6, 6.07) is 4.21. The van der Waals surface area contributed by atoms with Crippen LogP contribution in [-0.2, 0) is 13.1 Å². The number of rotatable bonds is 6. The van der Waals surface area contributed by atoms with Gasteiger partial charge in [-0.15, -0.1) is 0 Å². The molecule has 0 radical (unpaired) electrons. The Morgan fingerprint density at radius 3 is 3.00 bits per heavy atom. The van der Waals surface area contributed by atoms with Crippen molar-refractivity contribution in [1.29, 1.82) is 0 Å². The first-order chi connectivity index (χ1) is 9.74. The number of pyridine rings is 1. The normalized spacial score (nSPS) is 14.5. The van der Waals surface area contributed by atoms with Crippen molar-refractivity contribution in [2.45, 2.75) is 38.9 Å². The molecule has 20 heavy (non-hydrogen) atoms. The smallest absolute Gasteiger partial charge is 0.219 e. The molecule has 1 saturated carbocycles. The molecule has 0 atom stereocenters. The number of nitrogens with zero attached hydrogens (tertiary/aromatic N) is 3. The van der Waals surface area contributed by atoms with Gasteiger partial charge < -0.3 is 10.1 Å². The molecule has 0 spiro atoms. The van der Waals surface area contributed by atoms with Crippen molar-refractivity contribution in [3.8, 4) is 11.6 Å². The van der Waals surface area contributed by atoms with E-state index in [1.54, 1.807) is 16.9 Å². The number of hydrogen-bond donors (Lipinski definition) is 1. The molecule has 1 aliphatic carbocycles. The molecule has 6 heteroatoms. The monoisotopic (exact) mass is 292 g/mol. The van der Waals surface area contributed by atoms with E-state index >= 15 is 0 Å². The van der Waals surface area contributed by atoms with E-state index in [0.29, 0.717) is 29.2 Å². The van der Waals surface area contributed by atoms with Gasteiger partial charge in [-0.05, 0) is 25.8 Å². The Bertz CT molecular complexity index is 595. The van der Waals surface area contributed by atoms with E-state index in [2.05, 4.69) is 15.4 Å². The first-order valence-corrected chi connectivity index (χ1v) is 7.21. The first-order valence-electron chi connectivity index (χ1n) is 6.83. The van der Waals surface area contributed by atoms with E-state index < -0.39 is 0 Å². The largest absolute Gasteiger partial charge is 0.436 e. The summed E-state index contributed by atoms with van der Waals surface area (Å²) in [6.45, 7) is 3.52. The van der Waals surface area contributed by atoms with Crippen LogP contribution in [0.5, 0.6) is 11.6 Å². The third-order valence-electron chi connectivity index (χ3n) is 3.18. The minimum atomic E-state index is 0.539. The minimum absolute atomic E-state index is 0.539. The molecular formula is C14H17ClN4O. The predicted octanol–water partition coefficient (Wildman–Crippen LogP) is 3.00. The molecule has 1 fully saturated rings. The Morgan fingerprint density at radius 2 is 2.30 bits per heavy atom. The summed E-state index contributed by atoms with van der Waals surface area (Å²) >= 11 is 6.16. The van der Waals surface area contributed by atoms with Gasteiger partial charge in [0.1, 0.15) is 0 Å². The molecule has 2 aromatic rings. The molecule has 1 N–H and O–H groups in total. The number of ether oxygens (including phenoxy) is 1. The lowest BCUT2D eigenvalue weighted by atomic mass is 10.3. The molecule has 0 unspecified atom stereocenters. The van der Waals surface area contributed by atoms with Gasteiger partial charge >= 0.3 is 0 Å². The van der Waals surface area contributed by atoms with Crippen LogP contribution in [0.15, 0.2) is 24.5 Å². The number of aromatic nitrogens is 3. The highest BCUT2D eigenvalue weighted by Crippen LogP contribution is 2.24. The van der Waals surface area contributed by atoms with Crippen molar-refractivity contribution in [2.24, 2.45) is 0 Å². The van der Waals surface area contributed by atoms with Crippen molar-refractivity contribution in [3.63, 3.8) is 0 Å². The SMILES string of the molecule is CCn1cc(Oc2ccc(Cl)c(CNC3CC3)n2)cn1. The number of hydrogen-bond acceptors (Lipinski definition) is 4. The summed E-state index contributed by atoms with van der Waals surface area (Å²) in [7, 11) is 0. The van der Waals surface area contributed by atoms with E-state index in [1.165, 1.54) is 12.8 Å². The Hall–Kier alpha value is -1.59. The van der Waals surface area contributed by atoms with Crippen molar-refractivity contribution < 1.29 is 4.74 Å². The fourth-order valence-corrected chi connectivity index (χ4v) is 2.04. The highest BCUT2D eigenvalue weighted by Gasteiger charge is 2.20. The lowest BCUT2D eigenvalue weighted by Gasteiger charge is -2.07. The number of halogens is 1. The molecule has 5 nitrogen and oxygen atoms in total. The van der Waals surface area contributed by atoms with Gasteiger partial charge in [-0.1, -0.05) is 11.6 Å². The summed E-state index contributed by atoms with van der Waals surface area (Å²) in [5.74, 6) is 1.22. The van der Waals surface area contributed by atoms with Crippen molar-refractivity contribution in [3.05, 3.63) is 35.2 Å². The van der Waals surface area contributed by atoms with E-state index in [4.69, 9.17) is 16.3 Å². The Labute approximate surface area is 122 Å². The van der Waals surface area contributed by atoms with Crippen LogP contribution < -0.4 is 10.1 Å². The van der Waals surface area contributed by atoms with Crippen molar-refractivity contribution >= 4 is 11.6 Å². The van der Waals surface area contributed by atoms with E-state index in [-0.39, 0.29) is 0 Å². The molecule has 0 aliphatic heterocycles. The highest BCUT2D eigenvalue weighted by atomic mass is 35.5. The van der Waals surface area contributed by atoms with Crippen molar-refractivity contribution in [2.75, 3.05) is 0 Å². The molecule has 0 amide bonds. The second-order valence-electron chi connectivity index (χ2n) is 4.87. The molecule has 3 rings (SSSR count). The maximum atomic E-state index is 6.16. The molecule has 2 aromatic heterocycles. The van der Waals surface area contributed by atoms with Crippen LogP contribution in [0.2, 0.25) is 5.02 Å². The van der Waals surface area contributed by atoms with Gasteiger partial charge in [0.2, 0.25) is 5.88 Å². The van der Waals surface area contributed by atoms with Gasteiger partial charge in [-0.2, -0.15) is 5.10 Å². The molecule has 0 bridgehead atoms. The van der Waals surface area contributed by atoms with Gasteiger partial charge in [-0.3, -0.25) is 4.68 Å². The van der Waals surface area contributed by atoms with Crippen LogP contribution in [0.1, 0.15) is 25.5 Å². The van der Waals surface area contributed by atoms with Crippen LogP contribution in [0.25, 0.3) is 0 Å². The number of aryl methyl sites for hydroxylation is 1. The van der Waals surface area contributed by atoms with Crippen LogP contribution in [0.3, 0.4) is 0 Å². The van der Waals surface area contributed by atoms with Gasteiger partial charge in [0.15, 0.2) is 5.75 Å². The summed E-state index contributed by atoms with van der Waals surface area (Å²) < 4.78 is 7.50. The van der Waals surface area contributed by atoms with Crippen LogP contribution in [0, 0.1) is 0 Å². The maximum Gasteiger partial charge on any atom is 0.219 e. The summed E-state index contributed by atoms with van der Waals surface area (Å²) in [6.07, 6.45) is 6.01. The lowest BCUT2D eigenvalue weighted by Crippen LogP contribution is -2.16. The highest BCUT2D eigenvalue weighted by molar-refractivity contribution is 6.31. The van der Waals surface area contributed by atoms with E-state index in [0.717, 1.165) is 12.2 Å². The maximum absolute atomic E-state index is 6.16. The minimum Gasteiger partial charge on any atom is -0.436 e. The molecule has 1 aliphatic rings. The standard InChI is InChI=1S/C14H17ClN4O/c1-2-19-9-11(7-17-19)20-14-6-5-12(15)13(18-14)8-16-10-3-4-10/h5-7,9-10,16H,2-4,8H2,1H3. The van der Waals surface area contributed by atoms with Crippen LogP contribution >= 0.6 is 11.6 Å². The topological polar surface area (TPSA) is 52.0 Å². The quantitative estimate of drug-likeness (QED) is 0.889. The predicted molar refractivity (Wildman–Crippen MR) is 77.1 cm³/mol. The Morgan fingerprint density at radius 1 is 1.45 bits per heavy atom. The van der Waals surface area contributed by atoms with E-state index in [1.807, 2.05) is 19.2 Å². The van der Waals surface area contributed by atoms with Crippen LogP contribution in [0.4, 0.5) is 0 Å². The zero-order chi connectivity index (χ0) is 13.9. The Kier molecular flexibility index (Phi) is 3.89. The fourth-order valence-electron chi connectivity index (χ4n) is 1.86. The first kappa shape index (κ1) is 13.4. The Balaban J connectivity index is 1.70. The van der Waals surface area contributed by atoms with E-state index in [9.17, 15) is 0 Å². The van der Waals surface area contributed by atoms with Gasteiger partial charge in [0, 0.05) is 25.2 Å². The molecule has 2 heterocycles. The summed E-state index contributed by atoms with van der Waals surface area (Å²) in [4.78, 5) is 4.45. The second kappa shape index (κ2) is 5.81. The number of nitrogens with one attached hydrogen (secondary N) is 1. The van der Waals surface area contributed by atoms with Crippen LogP contribution in [-0.4, -0.2) is 20.8 Å². The molecular weight excluding hydrogens is 276 g/mol. The second-order valence-corrected chi connectivity index (χ2v) is 5.27. The zero-order valence-corrected chi connectivity index (χ0v) is 12.1. The molecule has 106 valence electrons. The average Bonchev–Trinajstić information content (AvgIpc) is 3.18. The summed E-state index contributed by atoms with van der Waals surface area (Å²) in [5.41, 5.74) is 0.818. The summed E-state index contributed by atoms with van der Waals surface area (Å²) in [5, 5.41) is 8.22. The third kappa shape index (κ3) is 3.29. The zero-order valence-electron chi connectivity index (χ0n) is 11.3. The lowest BCUT2D eigenvalue weighted by molar-refractivity contribution is 0.458. The average molecular weight is 293 g/mol. The van der Waals surface area contributed by atoms with Gasteiger partial charge in [0.25, 0.3) is 0 Å². The molecule has 0 aromatic carbocycles. The fraction of sp³-hybridized carbons (Fsp3) is 0.429. The van der Waals surface area contributed by atoms with Gasteiger partial charge in [0.05, 0.1) is 23.1 Å². The van der Waals surface area contributed by atoms with Gasteiger partial charge in [-0.25, -0.2) is 4.98 Å². The molecule has 0 saturated heterocycles. The third-order valence-corrected chi connectivity index (χ3v) is 3.53. The van der Waals surface area contributed by atoms with Crippen molar-refractivity contribution in [1.82, 2.24) is 20.1 Å².